The van der Waals surface area contributed by atoms with Gasteiger partial charge >= 0.3 is 12.3 Å². The zero-order valence-electron chi connectivity index (χ0n) is 12.9. The van der Waals surface area contributed by atoms with Crippen LogP contribution in [0.2, 0.25) is 0 Å². The van der Waals surface area contributed by atoms with Gasteiger partial charge in [-0.05, 0) is 18.9 Å². The van der Waals surface area contributed by atoms with Crippen molar-refractivity contribution in [2.24, 2.45) is 10.9 Å². The molecule has 2 N–H and O–H groups in total. The van der Waals surface area contributed by atoms with Crippen molar-refractivity contribution >= 4 is 17.7 Å². The molecular formula is C14H14F3N3O4. The number of halogens is 3. The number of ether oxygens (including phenoxy) is 1. The van der Waals surface area contributed by atoms with Crippen LogP contribution in [0.4, 0.5) is 13.2 Å². The van der Waals surface area contributed by atoms with E-state index in [-0.39, 0.29) is 17.4 Å². The maximum atomic E-state index is 12.2. The number of aliphatic imine (C=N–C) groups is 1. The van der Waals surface area contributed by atoms with E-state index in [0.717, 1.165) is 6.20 Å². The quantitative estimate of drug-likeness (QED) is 0.869. The van der Waals surface area contributed by atoms with Crippen LogP contribution < -0.4 is 10.1 Å². The summed E-state index contributed by atoms with van der Waals surface area (Å²) in [4.78, 5) is 31.3. The van der Waals surface area contributed by atoms with Crippen LogP contribution in [0.1, 0.15) is 36.8 Å². The smallest absolute Gasteiger partial charge is 0.478 e. The van der Waals surface area contributed by atoms with Crippen molar-refractivity contribution in [1.29, 1.82) is 0 Å². The van der Waals surface area contributed by atoms with E-state index < -0.39 is 35.1 Å². The summed E-state index contributed by atoms with van der Waals surface area (Å²) in [5.41, 5.74) is -1.92. The fraction of sp³-hybridized carbons (Fsp3) is 0.429. The minimum Gasteiger partial charge on any atom is -0.478 e. The number of aromatic carboxylic acids is 1. The third kappa shape index (κ3) is 3.31. The normalized spacial score (nSPS) is 20.8. The summed E-state index contributed by atoms with van der Waals surface area (Å²) in [6.07, 6.45) is -4.26. The van der Waals surface area contributed by atoms with Gasteiger partial charge in [-0.2, -0.15) is 0 Å². The second-order valence-corrected chi connectivity index (χ2v) is 5.64. The summed E-state index contributed by atoms with van der Waals surface area (Å²) in [6.45, 7) is 5.09. The number of amidine groups is 1. The zero-order chi connectivity index (χ0) is 18.3. The van der Waals surface area contributed by atoms with E-state index in [4.69, 9.17) is 0 Å². The average molecular weight is 345 g/mol. The molecule has 2 rings (SSSR count). The Morgan fingerprint density at radius 2 is 2.04 bits per heavy atom. The first-order valence-electron chi connectivity index (χ1n) is 6.85. The summed E-state index contributed by atoms with van der Waals surface area (Å²) < 4.78 is 40.4. The molecule has 1 aromatic rings. The van der Waals surface area contributed by atoms with E-state index in [9.17, 15) is 27.9 Å². The van der Waals surface area contributed by atoms with Gasteiger partial charge in [0, 0.05) is 0 Å². The number of carbonyl (C=O) groups excluding carboxylic acids is 1. The van der Waals surface area contributed by atoms with E-state index in [2.05, 4.69) is 20.0 Å². The maximum Gasteiger partial charge on any atom is 0.573 e. The monoisotopic (exact) mass is 345 g/mol. The number of nitrogens with one attached hydrogen (secondary N) is 1. The molecule has 10 heteroatoms. The van der Waals surface area contributed by atoms with Gasteiger partial charge in [0.25, 0.3) is 5.91 Å². The molecule has 1 aromatic heterocycles. The number of carboxylic acids is 1. The predicted molar refractivity (Wildman–Crippen MR) is 75.8 cm³/mol. The molecule has 1 unspecified atom stereocenters. The molecule has 1 amide bonds. The number of alkyl halides is 3. The van der Waals surface area contributed by atoms with Crippen molar-refractivity contribution < 1.29 is 32.6 Å². The van der Waals surface area contributed by atoms with Gasteiger partial charge in [0.2, 0.25) is 0 Å². The molecule has 1 atom stereocenters. The Morgan fingerprint density at radius 3 is 2.50 bits per heavy atom. The molecule has 0 saturated carbocycles. The third-order valence-electron chi connectivity index (χ3n) is 3.71. The van der Waals surface area contributed by atoms with Crippen molar-refractivity contribution in [3.05, 3.63) is 23.5 Å². The topological polar surface area (TPSA) is 101 Å². The van der Waals surface area contributed by atoms with E-state index in [1.54, 1.807) is 20.8 Å². The highest BCUT2D eigenvalue weighted by Crippen LogP contribution is 2.29. The fourth-order valence-electron chi connectivity index (χ4n) is 2.04. The Kier molecular flexibility index (Phi) is 4.25. The Bertz CT molecular complexity index is 730. The molecule has 7 nitrogen and oxygen atoms in total. The number of carbonyl (C=O) groups is 2. The highest BCUT2D eigenvalue weighted by atomic mass is 19.4. The van der Waals surface area contributed by atoms with Crippen molar-refractivity contribution in [2.45, 2.75) is 32.7 Å². The highest BCUT2D eigenvalue weighted by molar-refractivity contribution is 6.17. The lowest BCUT2D eigenvalue weighted by Gasteiger charge is -2.21. The molecule has 0 aromatic carbocycles. The third-order valence-corrected chi connectivity index (χ3v) is 3.71. The summed E-state index contributed by atoms with van der Waals surface area (Å²) in [6, 6.07) is 0.678. The molecule has 1 aliphatic heterocycles. The van der Waals surface area contributed by atoms with Gasteiger partial charge in [0.15, 0.2) is 5.84 Å². The minimum atomic E-state index is -4.98. The zero-order valence-corrected chi connectivity index (χ0v) is 12.9. The number of carboxylic acid groups (broad SMARTS) is 1. The number of pyridine rings is 1. The number of hydrogen-bond acceptors (Lipinski definition) is 5. The molecule has 1 aliphatic rings. The molecule has 0 bridgehead atoms. The Morgan fingerprint density at radius 1 is 1.42 bits per heavy atom. The van der Waals surface area contributed by atoms with Crippen LogP contribution in [-0.2, 0) is 4.79 Å². The van der Waals surface area contributed by atoms with Crippen LogP contribution in [-0.4, -0.2) is 39.7 Å². The van der Waals surface area contributed by atoms with Crippen molar-refractivity contribution in [3.63, 3.8) is 0 Å². The van der Waals surface area contributed by atoms with Crippen LogP contribution in [0.25, 0.3) is 0 Å². The Balaban J connectivity index is 2.48. The first kappa shape index (κ1) is 17.7. The fourth-order valence-corrected chi connectivity index (χ4v) is 2.04. The summed E-state index contributed by atoms with van der Waals surface area (Å²) in [5, 5.41) is 11.6. The van der Waals surface area contributed by atoms with Crippen LogP contribution in [0.3, 0.4) is 0 Å². The number of hydrogen-bond donors (Lipinski definition) is 2. The lowest BCUT2D eigenvalue weighted by atomic mass is 9.89. The molecule has 0 spiro atoms. The number of amides is 1. The molecule has 24 heavy (non-hydrogen) atoms. The van der Waals surface area contributed by atoms with Gasteiger partial charge in [0.1, 0.15) is 17.0 Å². The second-order valence-electron chi connectivity index (χ2n) is 5.64. The maximum absolute atomic E-state index is 12.2. The molecule has 0 fully saturated rings. The molecule has 0 aliphatic carbocycles. The summed E-state index contributed by atoms with van der Waals surface area (Å²) >= 11 is 0. The van der Waals surface area contributed by atoms with Gasteiger partial charge in [-0.1, -0.05) is 13.8 Å². The minimum absolute atomic E-state index is 0.104. The molecule has 0 radical (unpaired) electrons. The van der Waals surface area contributed by atoms with Crippen LogP contribution >= 0.6 is 0 Å². The predicted octanol–water partition coefficient (Wildman–Crippen LogP) is 1.97. The number of nitrogens with zero attached hydrogens (tertiary/aromatic N) is 2. The Labute approximate surface area is 134 Å². The molecular weight excluding hydrogens is 331 g/mol. The van der Waals surface area contributed by atoms with Gasteiger partial charge in [-0.3, -0.25) is 4.79 Å². The van der Waals surface area contributed by atoms with Crippen LogP contribution in [0.15, 0.2) is 17.3 Å². The van der Waals surface area contributed by atoms with Gasteiger partial charge in [-0.25, -0.2) is 14.8 Å². The number of aromatic nitrogens is 1. The van der Waals surface area contributed by atoms with E-state index in [0.29, 0.717) is 6.07 Å². The van der Waals surface area contributed by atoms with E-state index in [1.807, 2.05) is 0 Å². The first-order chi connectivity index (χ1) is 10.9. The van der Waals surface area contributed by atoms with Crippen LogP contribution in [0.5, 0.6) is 5.75 Å². The van der Waals surface area contributed by atoms with Crippen molar-refractivity contribution in [1.82, 2.24) is 10.3 Å². The SMILES string of the molecule is CC(C)C1(C)N=C(c2ncc(OC(F)(F)F)cc2C(=O)O)NC1=O. The largest absolute Gasteiger partial charge is 0.573 e. The van der Waals surface area contributed by atoms with E-state index in [1.165, 1.54) is 0 Å². The molecule has 130 valence electrons. The summed E-state index contributed by atoms with van der Waals surface area (Å²) in [5.74, 6) is -3.04. The van der Waals surface area contributed by atoms with Gasteiger partial charge < -0.3 is 15.2 Å². The van der Waals surface area contributed by atoms with Crippen molar-refractivity contribution in [3.8, 4) is 5.75 Å². The standard InChI is InChI=1S/C14H14F3N3O4/c1-6(2)13(3)12(23)19-10(20-13)9-8(11(21)22)4-7(5-18-9)24-14(15,16)17/h4-6H,1-3H3,(H,21,22)(H,19,20,23). The first-order valence-corrected chi connectivity index (χ1v) is 6.85. The molecule has 0 saturated heterocycles. The second kappa shape index (κ2) is 5.77. The summed E-state index contributed by atoms with van der Waals surface area (Å²) in [7, 11) is 0. The van der Waals surface area contributed by atoms with Gasteiger partial charge in [-0.15, -0.1) is 13.2 Å². The Hall–Kier alpha value is -2.65. The van der Waals surface area contributed by atoms with Crippen molar-refractivity contribution in [2.75, 3.05) is 0 Å². The highest BCUT2D eigenvalue weighted by Gasteiger charge is 2.43. The van der Waals surface area contributed by atoms with Gasteiger partial charge in [0.05, 0.1) is 11.8 Å². The lowest BCUT2D eigenvalue weighted by Crippen LogP contribution is -2.41. The van der Waals surface area contributed by atoms with Crippen LogP contribution in [0, 0.1) is 5.92 Å². The molecule has 2 heterocycles. The lowest BCUT2D eigenvalue weighted by molar-refractivity contribution is -0.274. The average Bonchev–Trinajstić information content (AvgIpc) is 2.74. The van der Waals surface area contributed by atoms with E-state index >= 15 is 0 Å². The number of rotatable bonds is 4.